The van der Waals surface area contributed by atoms with E-state index >= 15 is 0 Å². The summed E-state index contributed by atoms with van der Waals surface area (Å²) in [5.41, 5.74) is 0. The fraction of sp³-hybridized carbons (Fsp3) is 0.722. The zero-order valence-electron chi connectivity index (χ0n) is 15.5. The zero-order valence-corrected chi connectivity index (χ0v) is 16.3. The van der Waals surface area contributed by atoms with Gasteiger partial charge in [-0.3, -0.25) is 9.89 Å². The van der Waals surface area contributed by atoms with Gasteiger partial charge in [-0.15, -0.1) is 11.3 Å². The van der Waals surface area contributed by atoms with E-state index in [0.717, 1.165) is 51.8 Å². The standard InChI is InChI=1S/C18H32N4OS/c1-15(2)17(22-9-11-23-12-10-22)14-20-18(19-3)21(4)8-7-16-6-5-13-24-16/h5-6,13,15,17H,7-12,14H2,1-4H3,(H,19,20). The molecular formula is C18H32N4OS. The van der Waals surface area contributed by atoms with E-state index in [1.165, 1.54) is 4.88 Å². The van der Waals surface area contributed by atoms with Crippen LogP contribution in [0.1, 0.15) is 18.7 Å². The fourth-order valence-corrected chi connectivity index (χ4v) is 3.81. The van der Waals surface area contributed by atoms with Crippen LogP contribution in [-0.2, 0) is 11.2 Å². The van der Waals surface area contributed by atoms with Gasteiger partial charge in [-0.05, 0) is 23.8 Å². The Morgan fingerprint density at radius 3 is 2.75 bits per heavy atom. The molecule has 1 aromatic heterocycles. The average molecular weight is 353 g/mol. The lowest BCUT2D eigenvalue weighted by Gasteiger charge is -2.37. The first kappa shape index (κ1) is 19.2. The van der Waals surface area contributed by atoms with E-state index in [2.05, 4.69) is 58.5 Å². The molecule has 5 nitrogen and oxygen atoms in total. The average Bonchev–Trinajstić information content (AvgIpc) is 3.10. The first-order valence-corrected chi connectivity index (χ1v) is 9.75. The Bertz CT molecular complexity index is 483. The van der Waals surface area contributed by atoms with E-state index in [0.29, 0.717) is 12.0 Å². The maximum absolute atomic E-state index is 5.49. The van der Waals surface area contributed by atoms with Crippen LogP contribution in [0.25, 0.3) is 0 Å². The molecule has 0 radical (unpaired) electrons. The van der Waals surface area contributed by atoms with E-state index in [4.69, 9.17) is 4.74 Å². The van der Waals surface area contributed by atoms with Crippen LogP contribution >= 0.6 is 11.3 Å². The first-order valence-electron chi connectivity index (χ1n) is 8.87. The molecule has 1 N–H and O–H groups in total. The van der Waals surface area contributed by atoms with Gasteiger partial charge in [0.05, 0.1) is 13.2 Å². The Balaban J connectivity index is 1.83. The number of hydrogen-bond acceptors (Lipinski definition) is 4. The van der Waals surface area contributed by atoms with Crippen LogP contribution < -0.4 is 5.32 Å². The second kappa shape index (κ2) is 10.0. The molecule has 1 aliphatic heterocycles. The van der Waals surface area contributed by atoms with Gasteiger partial charge in [0.1, 0.15) is 0 Å². The molecule has 0 spiro atoms. The predicted molar refractivity (Wildman–Crippen MR) is 103 cm³/mol. The quantitative estimate of drug-likeness (QED) is 0.603. The molecule has 0 aliphatic carbocycles. The molecule has 1 saturated heterocycles. The number of thiophene rings is 1. The highest BCUT2D eigenvalue weighted by Crippen LogP contribution is 2.13. The summed E-state index contributed by atoms with van der Waals surface area (Å²) in [6.45, 7) is 10.2. The van der Waals surface area contributed by atoms with Gasteiger partial charge in [-0.25, -0.2) is 0 Å². The van der Waals surface area contributed by atoms with Gasteiger partial charge in [-0.1, -0.05) is 19.9 Å². The number of nitrogens with zero attached hydrogens (tertiary/aromatic N) is 3. The van der Waals surface area contributed by atoms with Gasteiger partial charge in [0.15, 0.2) is 5.96 Å². The maximum atomic E-state index is 5.49. The molecule has 136 valence electrons. The monoisotopic (exact) mass is 352 g/mol. The summed E-state index contributed by atoms with van der Waals surface area (Å²) in [6, 6.07) is 4.82. The summed E-state index contributed by atoms with van der Waals surface area (Å²) in [7, 11) is 3.98. The van der Waals surface area contributed by atoms with Crippen molar-refractivity contribution in [2.45, 2.75) is 26.3 Å². The molecule has 0 amide bonds. The number of rotatable bonds is 7. The number of aliphatic imine (C=N–C) groups is 1. The molecule has 1 atom stereocenters. The largest absolute Gasteiger partial charge is 0.379 e. The van der Waals surface area contributed by atoms with Crippen molar-refractivity contribution in [2.75, 3.05) is 53.5 Å². The molecule has 24 heavy (non-hydrogen) atoms. The van der Waals surface area contributed by atoms with Crippen LogP contribution in [0.3, 0.4) is 0 Å². The molecule has 2 rings (SSSR count). The van der Waals surface area contributed by atoms with E-state index in [1.54, 1.807) is 0 Å². The minimum atomic E-state index is 0.511. The van der Waals surface area contributed by atoms with Gasteiger partial charge < -0.3 is 15.0 Å². The van der Waals surface area contributed by atoms with E-state index in [9.17, 15) is 0 Å². The van der Waals surface area contributed by atoms with Crippen LogP contribution in [-0.4, -0.2) is 75.3 Å². The zero-order chi connectivity index (χ0) is 17.4. The number of ether oxygens (including phenoxy) is 1. The highest BCUT2D eigenvalue weighted by Gasteiger charge is 2.24. The van der Waals surface area contributed by atoms with Crippen LogP contribution in [0, 0.1) is 5.92 Å². The van der Waals surface area contributed by atoms with Gasteiger partial charge >= 0.3 is 0 Å². The third-order valence-corrected chi connectivity index (χ3v) is 5.54. The van der Waals surface area contributed by atoms with Crippen molar-refractivity contribution >= 4 is 17.3 Å². The van der Waals surface area contributed by atoms with Gasteiger partial charge in [0, 0.05) is 51.2 Å². The van der Waals surface area contributed by atoms with E-state index in [-0.39, 0.29) is 0 Å². The fourth-order valence-electron chi connectivity index (χ4n) is 3.11. The highest BCUT2D eigenvalue weighted by atomic mass is 32.1. The van der Waals surface area contributed by atoms with Crippen molar-refractivity contribution in [3.05, 3.63) is 22.4 Å². The Labute approximate surface area is 150 Å². The molecule has 0 aromatic carbocycles. The molecule has 0 bridgehead atoms. The summed E-state index contributed by atoms with van der Waals surface area (Å²) in [5.74, 6) is 1.58. The summed E-state index contributed by atoms with van der Waals surface area (Å²) < 4.78 is 5.49. The molecule has 0 saturated carbocycles. The molecular weight excluding hydrogens is 320 g/mol. The van der Waals surface area contributed by atoms with E-state index < -0.39 is 0 Å². The molecule has 1 fully saturated rings. The predicted octanol–water partition coefficient (Wildman–Crippen LogP) is 2.15. The molecule has 1 unspecified atom stereocenters. The molecule has 1 aromatic rings. The summed E-state index contributed by atoms with van der Waals surface area (Å²) in [5, 5.41) is 5.71. The second-order valence-corrected chi connectivity index (χ2v) is 7.67. The van der Waals surface area contributed by atoms with Gasteiger partial charge in [0.2, 0.25) is 0 Å². The SMILES string of the molecule is CN=C(NCC(C(C)C)N1CCOCC1)N(C)CCc1cccs1. The van der Waals surface area contributed by atoms with Crippen LogP contribution in [0.2, 0.25) is 0 Å². The van der Waals surface area contributed by atoms with Crippen molar-refractivity contribution in [3.8, 4) is 0 Å². The van der Waals surface area contributed by atoms with Crippen molar-refractivity contribution in [1.29, 1.82) is 0 Å². The van der Waals surface area contributed by atoms with Crippen LogP contribution in [0.5, 0.6) is 0 Å². The first-order chi connectivity index (χ1) is 11.6. The smallest absolute Gasteiger partial charge is 0.193 e. The third-order valence-electron chi connectivity index (χ3n) is 4.60. The van der Waals surface area contributed by atoms with Crippen molar-refractivity contribution in [2.24, 2.45) is 10.9 Å². The van der Waals surface area contributed by atoms with Crippen molar-refractivity contribution < 1.29 is 4.74 Å². The van der Waals surface area contributed by atoms with Crippen LogP contribution in [0.4, 0.5) is 0 Å². The molecule has 1 aliphatic rings. The lowest BCUT2D eigenvalue weighted by molar-refractivity contribution is 0.00742. The lowest BCUT2D eigenvalue weighted by atomic mass is 10.0. The number of likely N-dealkylation sites (N-methyl/N-ethyl adjacent to an activating group) is 1. The number of nitrogens with one attached hydrogen (secondary N) is 1. The van der Waals surface area contributed by atoms with Crippen LogP contribution in [0.15, 0.2) is 22.5 Å². The van der Waals surface area contributed by atoms with Gasteiger partial charge in [-0.2, -0.15) is 0 Å². The van der Waals surface area contributed by atoms with Gasteiger partial charge in [0.25, 0.3) is 0 Å². The Morgan fingerprint density at radius 2 is 2.17 bits per heavy atom. The maximum Gasteiger partial charge on any atom is 0.193 e. The van der Waals surface area contributed by atoms with Crippen molar-refractivity contribution in [1.82, 2.24) is 15.1 Å². The highest BCUT2D eigenvalue weighted by molar-refractivity contribution is 7.09. The number of hydrogen-bond donors (Lipinski definition) is 1. The summed E-state index contributed by atoms with van der Waals surface area (Å²) >= 11 is 1.82. The second-order valence-electron chi connectivity index (χ2n) is 6.64. The van der Waals surface area contributed by atoms with E-state index in [1.807, 2.05) is 18.4 Å². The Morgan fingerprint density at radius 1 is 1.42 bits per heavy atom. The normalized spacial score (nSPS) is 18.0. The Hall–Kier alpha value is -1.11. The topological polar surface area (TPSA) is 40.1 Å². The number of morpholine rings is 1. The Kier molecular flexibility index (Phi) is 8.02. The van der Waals surface area contributed by atoms with Crippen molar-refractivity contribution in [3.63, 3.8) is 0 Å². The molecule has 2 heterocycles. The summed E-state index contributed by atoms with van der Waals surface area (Å²) in [4.78, 5) is 10.6. The summed E-state index contributed by atoms with van der Waals surface area (Å²) in [6.07, 6.45) is 1.06. The minimum Gasteiger partial charge on any atom is -0.379 e. The number of guanidine groups is 1. The minimum absolute atomic E-state index is 0.511. The lowest BCUT2D eigenvalue weighted by Crippen LogP contribution is -2.52. The third kappa shape index (κ3) is 5.76. The molecule has 6 heteroatoms.